The zero-order valence-electron chi connectivity index (χ0n) is 8.25. The molecule has 0 unspecified atom stereocenters. The average Bonchev–Trinajstić information content (AvgIpc) is 2.31. The van der Waals surface area contributed by atoms with Crippen LogP contribution in [0.1, 0.15) is 0 Å². The van der Waals surface area contributed by atoms with Crippen molar-refractivity contribution in [3.8, 4) is 0 Å². The topological polar surface area (TPSA) is 25.8 Å². The van der Waals surface area contributed by atoms with Gasteiger partial charge in [-0.1, -0.05) is 41.7 Å². The first-order valence-electron chi connectivity index (χ1n) is 4.48. The summed E-state index contributed by atoms with van der Waals surface area (Å²) in [7, 11) is 0. The Hall–Kier alpha value is -1.00. The molecule has 76 valence electrons. The van der Waals surface area contributed by atoms with Gasteiger partial charge >= 0.3 is 0 Å². The molecule has 0 saturated carbocycles. The first-order valence-corrected chi connectivity index (χ1v) is 6.52. The van der Waals surface area contributed by atoms with Crippen molar-refractivity contribution in [1.29, 1.82) is 0 Å². The molecule has 15 heavy (non-hydrogen) atoms. The van der Waals surface area contributed by atoms with Crippen molar-refractivity contribution < 1.29 is 0 Å². The summed E-state index contributed by atoms with van der Waals surface area (Å²) < 4.78 is 0. The van der Waals surface area contributed by atoms with Crippen LogP contribution in [0.5, 0.6) is 0 Å². The highest BCUT2D eigenvalue weighted by molar-refractivity contribution is 7.99. The van der Waals surface area contributed by atoms with E-state index in [1.165, 1.54) is 4.90 Å². The SMILES string of the molecule is CSc1nccc(Sc2ccccc2)n1. The predicted molar refractivity (Wildman–Crippen MR) is 64.4 cm³/mol. The quantitative estimate of drug-likeness (QED) is 0.462. The molecule has 2 nitrogen and oxygen atoms in total. The molecule has 0 atom stereocenters. The second-order valence-electron chi connectivity index (χ2n) is 2.80. The van der Waals surface area contributed by atoms with E-state index in [-0.39, 0.29) is 0 Å². The second kappa shape index (κ2) is 5.19. The predicted octanol–water partition coefficient (Wildman–Crippen LogP) is 3.35. The van der Waals surface area contributed by atoms with Gasteiger partial charge in [0.25, 0.3) is 0 Å². The van der Waals surface area contributed by atoms with Crippen LogP contribution in [0.25, 0.3) is 0 Å². The molecule has 0 aliphatic rings. The molecule has 2 rings (SSSR count). The van der Waals surface area contributed by atoms with Crippen LogP contribution < -0.4 is 0 Å². The molecular weight excluding hydrogens is 224 g/mol. The van der Waals surface area contributed by atoms with E-state index < -0.39 is 0 Å². The molecular formula is C11H10N2S2. The molecule has 1 heterocycles. The smallest absolute Gasteiger partial charge is 0.188 e. The minimum absolute atomic E-state index is 0.816. The van der Waals surface area contributed by atoms with Gasteiger partial charge in [0.15, 0.2) is 5.16 Å². The summed E-state index contributed by atoms with van der Waals surface area (Å²) in [6.07, 6.45) is 3.77. The van der Waals surface area contributed by atoms with Crippen molar-refractivity contribution in [3.63, 3.8) is 0 Å². The Kier molecular flexibility index (Phi) is 3.64. The van der Waals surface area contributed by atoms with Crippen molar-refractivity contribution in [1.82, 2.24) is 9.97 Å². The van der Waals surface area contributed by atoms with E-state index in [9.17, 15) is 0 Å². The lowest BCUT2D eigenvalue weighted by Gasteiger charge is -2.01. The third kappa shape index (κ3) is 2.97. The van der Waals surface area contributed by atoms with Crippen LogP contribution in [0.15, 0.2) is 57.7 Å². The molecule has 0 saturated heterocycles. The standard InChI is InChI=1S/C11H10N2S2/c1-14-11-12-8-7-10(13-11)15-9-5-3-2-4-6-9/h2-8H,1H3. The summed E-state index contributed by atoms with van der Waals surface area (Å²) in [6.45, 7) is 0. The van der Waals surface area contributed by atoms with Crippen molar-refractivity contribution in [2.75, 3.05) is 6.26 Å². The maximum atomic E-state index is 4.40. The number of nitrogens with zero attached hydrogens (tertiary/aromatic N) is 2. The van der Waals surface area contributed by atoms with Gasteiger partial charge in [-0.25, -0.2) is 9.97 Å². The van der Waals surface area contributed by atoms with Crippen molar-refractivity contribution in [2.24, 2.45) is 0 Å². The zero-order chi connectivity index (χ0) is 10.5. The van der Waals surface area contributed by atoms with Crippen LogP contribution in [0, 0.1) is 0 Å². The van der Waals surface area contributed by atoms with Crippen LogP contribution in [-0.2, 0) is 0 Å². The lowest BCUT2D eigenvalue weighted by molar-refractivity contribution is 0.893. The fourth-order valence-electron chi connectivity index (χ4n) is 1.09. The highest BCUT2D eigenvalue weighted by Crippen LogP contribution is 2.26. The summed E-state index contributed by atoms with van der Waals surface area (Å²) in [4.78, 5) is 9.74. The molecule has 0 aliphatic heterocycles. The van der Waals surface area contributed by atoms with E-state index in [2.05, 4.69) is 22.1 Å². The van der Waals surface area contributed by atoms with Crippen LogP contribution in [0.3, 0.4) is 0 Å². The van der Waals surface area contributed by atoms with Gasteiger partial charge < -0.3 is 0 Å². The Balaban J connectivity index is 2.17. The maximum absolute atomic E-state index is 4.40. The van der Waals surface area contributed by atoms with Crippen molar-refractivity contribution >= 4 is 23.5 Å². The van der Waals surface area contributed by atoms with Gasteiger partial charge in [0, 0.05) is 11.1 Å². The minimum Gasteiger partial charge on any atom is -0.231 e. The van der Waals surface area contributed by atoms with E-state index >= 15 is 0 Å². The summed E-state index contributed by atoms with van der Waals surface area (Å²) in [5.74, 6) is 0. The minimum atomic E-state index is 0.816. The van der Waals surface area contributed by atoms with Gasteiger partial charge in [-0.3, -0.25) is 0 Å². The Morgan fingerprint density at radius 3 is 2.60 bits per heavy atom. The van der Waals surface area contributed by atoms with Crippen LogP contribution in [-0.4, -0.2) is 16.2 Å². The van der Waals surface area contributed by atoms with E-state index in [1.54, 1.807) is 29.7 Å². The normalized spacial score (nSPS) is 10.2. The first-order chi connectivity index (χ1) is 7.38. The fraction of sp³-hybridized carbons (Fsp3) is 0.0909. The number of thioether (sulfide) groups is 1. The molecule has 2 aromatic rings. The summed E-state index contributed by atoms with van der Waals surface area (Å²) in [6, 6.07) is 12.1. The molecule has 0 aliphatic carbocycles. The molecule has 0 fully saturated rings. The van der Waals surface area contributed by atoms with Crippen LogP contribution in [0.2, 0.25) is 0 Å². The molecule has 0 amide bonds. The van der Waals surface area contributed by atoms with Crippen LogP contribution in [0.4, 0.5) is 0 Å². The average molecular weight is 234 g/mol. The van der Waals surface area contributed by atoms with Crippen LogP contribution >= 0.6 is 23.5 Å². The number of hydrogen-bond acceptors (Lipinski definition) is 4. The summed E-state index contributed by atoms with van der Waals surface area (Å²) in [5, 5.41) is 1.80. The third-order valence-corrected chi connectivity index (χ3v) is 3.26. The third-order valence-electron chi connectivity index (χ3n) is 1.76. The Morgan fingerprint density at radius 2 is 1.87 bits per heavy atom. The number of benzene rings is 1. The highest BCUT2D eigenvalue weighted by Gasteiger charge is 1.99. The molecule has 4 heteroatoms. The molecule has 0 radical (unpaired) electrons. The summed E-state index contributed by atoms with van der Waals surface area (Å²) >= 11 is 3.21. The van der Waals surface area contributed by atoms with Gasteiger partial charge in [0.05, 0.1) is 0 Å². The lowest BCUT2D eigenvalue weighted by Crippen LogP contribution is -1.86. The zero-order valence-corrected chi connectivity index (χ0v) is 9.89. The van der Waals surface area contributed by atoms with E-state index in [0.29, 0.717) is 0 Å². The number of hydrogen-bond donors (Lipinski definition) is 0. The van der Waals surface area contributed by atoms with Gasteiger partial charge in [0.2, 0.25) is 0 Å². The van der Waals surface area contributed by atoms with Crippen molar-refractivity contribution in [3.05, 3.63) is 42.6 Å². The Labute approximate surface area is 97.5 Å². The second-order valence-corrected chi connectivity index (χ2v) is 4.66. The molecule has 0 spiro atoms. The number of aromatic nitrogens is 2. The monoisotopic (exact) mass is 234 g/mol. The van der Waals surface area contributed by atoms with Gasteiger partial charge in [-0.2, -0.15) is 0 Å². The van der Waals surface area contributed by atoms with Gasteiger partial charge in [-0.05, 0) is 24.5 Å². The fourth-order valence-corrected chi connectivity index (χ4v) is 2.30. The Bertz CT molecular complexity index is 432. The largest absolute Gasteiger partial charge is 0.231 e. The molecule has 0 bridgehead atoms. The molecule has 1 aromatic carbocycles. The molecule has 1 aromatic heterocycles. The molecule has 0 N–H and O–H groups in total. The highest BCUT2D eigenvalue weighted by atomic mass is 32.2. The van der Waals surface area contributed by atoms with E-state index in [1.807, 2.05) is 30.5 Å². The summed E-state index contributed by atoms with van der Waals surface area (Å²) in [5.41, 5.74) is 0. The van der Waals surface area contributed by atoms with Gasteiger partial charge in [-0.15, -0.1) is 0 Å². The Morgan fingerprint density at radius 1 is 1.07 bits per heavy atom. The van der Waals surface area contributed by atoms with Gasteiger partial charge in [0.1, 0.15) is 5.03 Å². The van der Waals surface area contributed by atoms with Crippen molar-refractivity contribution in [2.45, 2.75) is 15.1 Å². The first kappa shape index (κ1) is 10.5. The maximum Gasteiger partial charge on any atom is 0.188 e. The number of rotatable bonds is 3. The van der Waals surface area contributed by atoms with E-state index in [0.717, 1.165) is 10.2 Å². The lowest BCUT2D eigenvalue weighted by atomic mass is 10.4. The van der Waals surface area contributed by atoms with E-state index in [4.69, 9.17) is 0 Å².